The molecule has 3 heteroatoms. The lowest BCUT2D eigenvalue weighted by molar-refractivity contribution is 0.543. The lowest BCUT2D eigenvalue weighted by Gasteiger charge is -1.98. The molecule has 0 radical (unpaired) electrons. The molecule has 0 atom stereocenters. The third-order valence-corrected chi connectivity index (χ3v) is 4.34. The second-order valence-electron chi connectivity index (χ2n) is 3.51. The summed E-state index contributed by atoms with van der Waals surface area (Å²) in [4.78, 5) is 0. The first-order valence-electron chi connectivity index (χ1n) is 4.79. The number of furan rings is 1. The Morgan fingerprint density at radius 2 is 1.93 bits per heavy atom. The van der Waals surface area contributed by atoms with E-state index in [9.17, 15) is 0 Å². The standard InChI is InChI=1S/C12H9BrOS/c13-11-9-6-15-7-10(9)14-12(11)8-4-2-1-3-5-8/h1-5H,6-7H2. The van der Waals surface area contributed by atoms with Gasteiger partial charge in [0.05, 0.1) is 10.2 Å². The molecule has 0 unspecified atom stereocenters. The van der Waals surface area contributed by atoms with Crippen molar-refractivity contribution in [2.75, 3.05) is 0 Å². The van der Waals surface area contributed by atoms with Crippen molar-refractivity contribution < 1.29 is 4.42 Å². The minimum absolute atomic E-state index is 0.973. The van der Waals surface area contributed by atoms with Gasteiger partial charge >= 0.3 is 0 Å². The highest BCUT2D eigenvalue weighted by molar-refractivity contribution is 9.10. The lowest BCUT2D eigenvalue weighted by atomic mass is 10.1. The Bertz CT molecular complexity index is 490. The summed E-state index contributed by atoms with van der Waals surface area (Å²) in [5.41, 5.74) is 2.47. The zero-order valence-electron chi connectivity index (χ0n) is 8.00. The third kappa shape index (κ3) is 1.54. The van der Waals surface area contributed by atoms with Gasteiger partial charge < -0.3 is 4.42 Å². The molecule has 76 valence electrons. The molecule has 0 saturated carbocycles. The van der Waals surface area contributed by atoms with Gasteiger partial charge in [-0.05, 0) is 15.9 Å². The van der Waals surface area contributed by atoms with E-state index in [2.05, 4.69) is 28.1 Å². The zero-order chi connectivity index (χ0) is 10.3. The van der Waals surface area contributed by atoms with Crippen LogP contribution in [-0.2, 0) is 11.5 Å². The minimum atomic E-state index is 0.973. The van der Waals surface area contributed by atoms with Gasteiger partial charge in [0.15, 0.2) is 0 Å². The lowest BCUT2D eigenvalue weighted by Crippen LogP contribution is -1.76. The van der Waals surface area contributed by atoms with E-state index in [0.717, 1.165) is 33.1 Å². The van der Waals surface area contributed by atoms with Crippen molar-refractivity contribution >= 4 is 27.7 Å². The predicted octanol–water partition coefficient (Wildman–Crippen LogP) is 4.46. The van der Waals surface area contributed by atoms with Gasteiger partial charge in [0, 0.05) is 16.9 Å². The minimum Gasteiger partial charge on any atom is -0.459 e. The van der Waals surface area contributed by atoms with Crippen LogP contribution in [-0.4, -0.2) is 0 Å². The first-order chi connectivity index (χ1) is 7.36. The van der Waals surface area contributed by atoms with Crippen LogP contribution < -0.4 is 0 Å². The van der Waals surface area contributed by atoms with Crippen LogP contribution in [0.2, 0.25) is 0 Å². The van der Waals surface area contributed by atoms with Crippen LogP contribution in [0.25, 0.3) is 11.3 Å². The van der Waals surface area contributed by atoms with Crippen LogP contribution in [0.3, 0.4) is 0 Å². The first-order valence-corrected chi connectivity index (χ1v) is 6.74. The average molecular weight is 281 g/mol. The molecule has 1 aromatic carbocycles. The molecule has 0 aliphatic carbocycles. The quantitative estimate of drug-likeness (QED) is 0.765. The fourth-order valence-electron chi connectivity index (χ4n) is 1.77. The van der Waals surface area contributed by atoms with Crippen molar-refractivity contribution in [3.8, 4) is 11.3 Å². The number of thioether (sulfide) groups is 1. The summed E-state index contributed by atoms with van der Waals surface area (Å²) in [5, 5.41) is 0. The van der Waals surface area contributed by atoms with Gasteiger partial charge in [0.2, 0.25) is 0 Å². The maximum Gasteiger partial charge on any atom is 0.148 e. The molecular formula is C12H9BrOS. The molecule has 1 aliphatic heterocycles. The number of halogens is 1. The monoisotopic (exact) mass is 280 g/mol. The Balaban J connectivity index is 2.14. The van der Waals surface area contributed by atoms with E-state index in [1.807, 2.05) is 30.0 Å². The number of fused-ring (bicyclic) bond motifs is 1. The van der Waals surface area contributed by atoms with E-state index in [0.29, 0.717) is 0 Å². The summed E-state index contributed by atoms with van der Waals surface area (Å²) >= 11 is 5.54. The van der Waals surface area contributed by atoms with Gasteiger partial charge in [-0.2, -0.15) is 0 Å². The second-order valence-corrected chi connectivity index (χ2v) is 5.28. The number of hydrogen-bond acceptors (Lipinski definition) is 2. The van der Waals surface area contributed by atoms with Gasteiger partial charge in [0.1, 0.15) is 11.5 Å². The molecule has 2 heterocycles. The van der Waals surface area contributed by atoms with Crippen molar-refractivity contribution in [2.45, 2.75) is 11.5 Å². The molecule has 1 nitrogen and oxygen atoms in total. The molecular weight excluding hydrogens is 272 g/mol. The van der Waals surface area contributed by atoms with E-state index in [1.54, 1.807) is 0 Å². The smallest absolute Gasteiger partial charge is 0.148 e. The Morgan fingerprint density at radius 3 is 2.67 bits per heavy atom. The van der Waals surface area contributed by atoms with E-state index >= 15 is 0 Å². The maximum absolute atomic E-state index is 5.88. The van der Waals surface area contributed by atoms with Crippen LogP contribution in [0.5, 0.6) is 0 Å². The summed E-state index contributed by atoms with van der Waals surface area (Å²) in [6, 6.07) is 10.2. The molecule has 0 saturated heterocycles. The zero-order valence-corrected chi connectivity index (χ0v) is 10.4. The van der Waals surface area contributed by atoms with Crippen LogP contribution in [0, 0.1) is 0 Å². The van der Waals surface area contributed by atoms with Crippen molar-refractivity contribution in [3.05, 3.63) is 46.1 Å². The summed E-state index contributed by atoms with van der Waals surface area (Å²) in [6.07, 6.45) is 0. The number of hydrogen-bond donors (Lipinski definition) is 0. The van der Waals surface area contributed by atoms with Crippen LogP contribution in [0.15, 0.2) is 39.2 Å². The second kappa shape index (κ2) is 3.72. The molecule has 0 amide bonds. The summed E-state index contributed by atoms with van der Waals surface area (Å²) in [6.45, 7) is 0. The summed E-state index contributed by atoms with van der Waals surface area (Å²) in [5.74, 6) is 4.17. The molecule has 1 aliphatic rings. The molecule has 0 bridgehead atoms. The van der Waals surface area contributed by atoms with Crippen LogP contribution >= 0.6 is 27.7 Å². The van der Waals surface area contributed by atoms with Gasteiger partial charge in [0.25, 0.3) is 0 Å². The molecule has 0 spiro atoms. The molecule has 0 N–H and O–H groups in total. The highest BCUT2D eigenvalue weighted by atomic mass is 79.9. The van der Waals surface area contributed by atoms with Crippen molar-refractivity contribution in [2.24, 2.45) is 0 Å². The van der Waals surface area contributed by atoms with Crippen molar-refractivity contribution in [3.63, 3.8) is 0 Å². The first kappa shape index (κ1) is 9.55. The fraction of sp³-hybridized carbons (Fsp3) is 0.167. The fourth-order valence-corrected chi connectivity index (χ4v) is 3.66. The van der Waals surface area contributed by atoms with Crippen molar-refractivity contribution in [1.82, 2.24) is 0 Å². The Hall–Kier alpha value is -0.670. The third-order valence-electron chi connectivity index (χ3n) is 2.54. The normalized spacial score (nSPS) is 14.2. The predicted molar refractivity (Wildman–Crippen MR) is 66.8 cm³/mol. The van der Waals surface area contributed by atoms with Crippen molar-refractivity contribution in [1.29, 1.82) is 0 Å². The van der Waals surface area contributed by atoms with E-state index in [-0.39, 0.29) is 0 Å². The highest BCUT2D eigenvalue weighted by Gasteiger charge is 2.23. The molecule has 15 heavy (non-hydrogen) atoms. The van der Waals surface area contributed by atoms with Crippen LogP contribution in [0.4, 0.5) is 0 Å². The van der Waals surface area contributed by atoms with Gasteiger partial charge in [-0.25, -0.2) is 0 Å². The average Bonchev–Trinajstić information content (AvgIpc) is 2.83. The summed E-state index contributed by atoms with van der Waals surface area (Å²) < 4.78 is 7.01. The molecule has 1 aromatic heterocycles. The largest absolute Gasteiger partial charge is 0.459 e. The Kier molecular flexibility index (Phi) is 2.37. The topological polar surface area (TPSA) is 13.1 Å². The van der Waals surface area contributed by atoms with Gasteiger partial charge in [-0.1, -0.05) is 30.3 Å². The SMILES string of the molecule is Brc1c(-c2ccccc2)oc2c1CSC2. The van der Waals surface area contributed by atoms with Gasteiger partial charge in [-0.3, -0.25) is 0 Å². The number of rotatable bonds is 1. The molecule has 0 fully saturated rings. The Morgan fingerprint density at radius 1 is 1.13 bits per heavy atom. The molecule has 2 aromatic rings. The van der Waals surface area contributed by atoms with E-state index in [1.165, 1.54) is 5.56 Å². The Labute approximate surface area is 101 Å². The summed E-state index contributed by atoms with van der Waals surface area (Å²) in [7, 11) is 0. The maximum atomic E-state index is 5.88. The number of benzene rings is 1. The molecule has 3 rings (SSSR count). The van der Waals surface area contributed by atoms with Crippen LogP contribution in [0.1, 0.15) is 11.3 Å². The van der Waals surface area contributed by atoms with E-state index in [4.69, 9.17) is 4.42 Å². The highest BCUT2D eigenvalue weighted by Crippen LogP contribution is 2.43. The van der Waals surface area contributed by atoms with E-state index < -0.39 is 0 Å². The van der Waals surface area contributed by atoms with Gasteiger partial charge in [-0.15, -0.1) is 11.8 Å².